The third kappa shape index (κ3) is 6.76. The summed E-state index contributed by atoms with van der Waals surface area (Å²) in [4.78, 5) is 25.1. The van der Waals surface area contributed by atoms with Gasteiger partial charge in [-0.2, -0.15) is 13.2 Å². The molecule has 1 aromatic carbocycles. The van der Waals surface area contributed by atoms with Gasteiger partial charge in [0.25, 0.3) is 0 Å². The second kappa shape index (κ2) is 10.1. The lowest BCUT2D eigenvalue weighted by molar-refractivity contribution is -0.137. The predicted molar refractivity (Wildman–Crippen MR) is 88.1 cm³/mol. The number of alkyl halides is 3. The van der Waals surface area contributed by atoms with Crippen LogP contribution >= 0.6 is 12.4 Å². The first kappa shape index (κ1) is 22.2. The van der Waals surface area contributed by atoms with Gasteiger partial charge in [-0.15, -0.1) is 12.4 Å². The van der Waals surface area contributed by atoms with Crippen molar-refractivity contribution in [2.45, 2.75) is 19.5 Å². The largest absolute Gasteiger partial charge is 0.418 e. The molecule has 0 aromatic heterocycles. The summed E-state index contributed by atoms with van der Waals surface area (Å²) in [6, 6.07) is 4.73. The molecule has 0 saturated carbocycles. The standard InChI is InChI=1S/C15H20F3N3O2.ClH/c1-3-21(14(23)8-9-19-2)10-13(22)20-12-7-5-4-6-11(12)15(16,17)18;/h4-7,19H,3,8-10H2,1-2H3,(H,20,22);1H. The van der Waals surface area contributed by atoms with Gasteiger partial charge in [0.2, 0.25) is 11.8 Å². The molecule has 136 valence electrons. The van der Waals surface area contributed by atoms with Crippen molar-refractivity contribution in [2.24, 2.45) is 0 Å². The summed E-state index contributed by atoms with van der Waals surface area (Å²) < 4.78 is 38.6. The van der Waals surface area contributed by atoms with Gasteiger partial charge in [-0.3, -0.25) is 9.59 Å². The quantitative estimate of drug-likeness (QED) is 0.778. The Hall–Kier alpha value is -1.80. The number of anilines is 1. The van der Waals surface area contributed by atoms with E-state index >= 15 is 0 Å². The monoisotopic (exact) mass is 367 g/mol. The molecule has 0 spiro atoms. The minimum atomic E-state index is -4.56. The SMILES string of the molecule is CCN(CC(=O)Nc1ccccc1C(F)(F)F)C(=O)CCNC.Cl. The Labute approximate surface area is 145 Å². The number of rotatable bonds is 7. The molecule has 0 unspecified atom stereocenters. The van der Waals surface area contributed by atoms with E-state index in [-0.39, 0.29) is 37.0 Å². The average molecular weight is 368 g/mol. The lowest BCUT2D eigenvalue weighted by Crippen LogP contribution is -2.39. The summed E-state index contributed by atoms with van der Waals surface area (Å²) >= 11 is 0. The molecule has 2 N–H and O–H groups in total. The van der Waals surface area contributed by atoms with Gasteiger partial charge in [-0.1, -0.05) is 12.1 Å². The van der Waals surface area contributed by atoms with Crippen molar-refractivity contribution < 1.29 is 22.8 Å². The maximum atomic E-state index is 12.9. The number of carbonyl (C=O) groups is 2. The number of amides is 2. The minimum Gasteiger partial charge on any atom is -0.334 e. The van der Waals surface area contributed by atoms with E-state index in [0.717, 1.165) is 6.07 Å². The van der Waals surface area contributed by atoms with E-state index < -0.39 is 17.6 Å². The van der Waals surface area contributed by atoms with E-state index in [9.17, 15) is 22.8 Å². The number of nitrogens with one attached hydrogen (secondary N) is 2. The number of nitrogens with zero attached hydrogens (tertiary/aromatic N) is 1. The van der Waals surface area contributed by atoms with Crippen LogP contribution in [0.2, 0.25) is 0 Å². The van der Waals surface area contributed by atoms with Gasteiger partial charge in [-0.25, -0.2) is 0 Å². The summed E-state index contributed by atoms with van der Waals surface area (Å²) in [6.07, 6.45) is -4.34. The molecule has 0 saturated heterocycles. The first-order chi connectivity index (χ1) is 10.8. The molecule has 0 heterocycles. The molecular weight excluding hydrogens is 347 g/mol. The fourth-order valence-electron chi connectivity index (χ4n) is 1.97. The summed E-state index contributed by atoms with van der Waals surface area (Å²) in [7, 11) is 1.70. The van der Waals surface area contributed by atoms with Crippen LogP contribution in [-0.2, 0) is 15.8 Å². The highest BCUT2D eigenvalue weighted by Gasteiger charge is 2.33. The van der Waals surface area contributed by atoms with E-state index in [4.69, 9.17) is 0 Å². The van der Waals surface area contributed by atoms with Gasteiger partial charge >= 0.3 is 6.18 Å². The number of benzene rings is 1. The zero-order chi connectivity index (χ0) is 17.5. The maximum Gasteiger partial charge on any atom is 0.418 e. The number of likely N-dealkylation sites (N-methyl/N-ethyl adjacent to an activating group) is 1. The van der Waals surface area contributed by atoms with Crippen molar-refractivity contribution in [3.63, 3.8) is 0 Å². The van der Waals surface area contributed by atoms with Crippen LogP contribution in [0.25, 0.3) is 0 Å². The van der Waals surface area contributed by atoms with Gasteiger partial charge in [0.05, 0.1) is 17.8 Å². The van der Waals surface area contributed by atoms with Crippen molar-refractivity contribution in [3.8, 4) is 0 Å². The van der Waals surface area contributed by atoms with Crippen LogP contribution < -0.4 is 10.6 Å². The molecule has 5 nitrogen and oxygen atoms in total. The average Bonchev–Trinajstić information content (AvgIpc) is 2.49. The number of hydrogen-bond acceptors (Lipinski definition) is 3. The molecule has 9 heteroatoms. The van der Waals surface area contributed by atoms with Crippen molar-refractivity contribution in [2.75, 3.05) is 32.0 Å². The molecule has 0 atom stereocenters. The summed E-state index contributed by atoms with van der Waals surface area (Å²) in [5.41, 5.74) is -1.23. The topological polar surface area (TPSA) is 61.4 Å². The van der Waals surface area contributed by atoms with Crippen molar-refractivity contribution >= 4 is 29.9 Å². The van der Waals surface area contributed by atoms with Gasteiger partial charge in [0, 0.05) is 19.5 Å². The van der Waals surface area contributed by atoms with Crippen LogP contribution in [0.4, 0.5) is 18.9 Å². The van der Waals surface area contributed by atoms with E-state index in [1.807, 2.05) is 0 Å². The Morgan fingerprint density at radius 2 is 1.83 bits per heavy atom. The fraction of sp³-hybridized carbons (Fsp3) is 0.467. The minimum absolute atomic E-state index is 0. The van der Waals surface area contributed by atoms with E-state index in [1.54, 1.807) is 14.0 Å². The van der Waals surface area contributed by atoms with Crippen molar-refractivity contribution in [3.05, 3.63) is 29.8 Å². The molecule has 0 aliphatic rings. The number of carbonyl (C=O) groups excluding carboxylic acids is 2. The zero-order valence-electron chi connectivity index (χ0n) is 13.4. The Bertz CT molecular complexity index is 553. The first-order valence-corrected chi connectivity index (χ1v) is 7.18. The molecule has 0 aliphatic carbocycles. The Morgan fingerprint density at radius 3 is 2.38 bits per heavy atom. The number of halogens is 4. The van der Waals surface area contributed by atoms with Gasteiger partial charge < -0.3 is 15.5 Å². The lowest BCUT2D eigenvalue weighted by atomic mass is 10.1. The van der Waals surface area contributed by atoms with Gasteiger partial charge in [0.15, 0.2) is 0 Å². The van der Waals surface area contributed by atoms with Crippen LogP contribution in [0, 0.1) is 0 Å². The van der Waals surface area contributed by atoms with Crippen LogP contribution in [0.15, 0.2) is 24.3 Å². The van der Waals surface area contributed by atoms with Crippen LogP contribution in [0.3, 0.4) is 0 Å². The predicted octanol–water partition coefficient (Wildman–Crippen LogP) is 2.52. The highest BCUT2D eigenvalue weighted by atomic mass is 35.5. The molecular formula is C15H21ClF3N3O2. The zero-order valence-corrected chi connectivity index (χ0v) is 14.3. The van der Waals surface area contributed by atoms with E-state index in [2.05, 4.69) is 10.6 Å². The summed E-state index contributed by atoms with van der Waals surface area (Å²) in [5, 5.41) is 5.05. The highest BCUT2D eigenvalue weighted by Crippen LogP contribution is 2.34. The van der Waals surface area contributed by atoms with Crippen LogP contribution in [0.5, 0.6) is 0 Å². The number of para-hydroxylation sites is 1. The lowest BCUT2D eigenvalue weighted by Gasteiger charge is -2.21. The van der Waals surface area contributed by atoms with Crippen LogP contribution in [-0.4, -0.2) is 43.4 Å². The Kier molecular flexibility index (Phi) is 9.38. The highest BCUT2D eigenvalue weighted by molar-refractivity contribution is 5.95. The molecule has 0 bridgehead atoms. The van der Waals surface area contributed by atoms with E-state index in [1.165, 1.54) is 23.1 Å². The van der Waals surface area contributed by atoms with E-state index in [0.29, 0.717) is 13.1 Å². The van der Waals surface area contributed by atoms with Crippen molar-refractivity contribution in [1.82, 2.24) is 10.2 Å². The first-order valence-electron chi connectivity index (χ1n) is 7.18. The van der Waals surface area contributed by atoms with Gasteiger partial charge in [-0.05, 0) is 26.1 Å². The molecule has 24 heavy (non-hydrogen) atoms. The Balaban J connectivity index is 0.00000529. The molecule has 0 aliphatic heterocycles. The second-order valence-electron chi connectivity index (χ2n) is 4.85. The normalized spacial score (nSPS) is 10.7. The number of hydrogen-bond donors (Lipinski definition) is 2. The maximum absolute atomic E-state index is 12.9. The van der Waals surface area contributed by atoms with Crippen LogP contribution in [0.1, 0.15) is 18.9 Å². The third-order valence-electron chi connectivity index (χ3n) is 3.16. The summed E-state index contributed by atoms with van der Waals surface area (Å²) in [5.74, 6) is -0.900. The van der Waals surface area contributed by atoms with Gasteiger partial charge in [0.1, 0.15) is 0 Å². The summed E-state index contributed by atoms with van der Waals surface area (Å²) in [6.45, 7) is 2.18. The molecule has 0 radical (unpaired) electrons. The molecule has 2 amide bonds. The molecule has 1 rings (SSSR count). The molecule has 0 fully saturated rings. The Morgan fingerprint density at radius 1 is 1.21 bits per heavy atom. The molecule has 1 aromatic rings. The van der Waals surface area contributed by atoms with Crippen molar-refractivity contribution in [1.29, 1.82) is 0 Å². The third-order valence-corrected chi connectivity index (χ3v) is 3.16. The second-order valence-corrected chi connectivity index (χ2v) is 4.85. The fourth-order valence-corrected chi connectivity index (χ4v) is 1.97. The smallest absolute Gasteiger partial charge is 0.334 e.